The van der Waals surface area contributed by atoms with Crippen molar-refractivity contribution in [2.75, 3.05) is 31.6 Å². The van der Waals surface area contributed by atoms with E-state index in [0.717, 1.165) is 23.7 Å². The molecule has 130 valence electrons. The van der Waals surface area contributed by atoms with Gasteiger partial charge in [0.15, 0.2) is 0 Å². The number of carbonyl (C=O) groups excluding carboxylic acids is 1. The van der Waals surface area contributed by atoms with Crippen LogP contribution in [0.25, 0.3) is 0 Å². The number of benzene rings is 1. The number of nitriles is 1. The zero-order valence-electron chi connectivity index (χ0n) is 14.5. The highest BCUT2D eigenvalue weighted by Gasteiger charge is 2.28. The van der Waals surface area contributed by atoms with E-state index in [9.17, 15) is 4.79 Å². The van der Waals surface area contributed by atoms with Crippen molar-refractivity contribution in [3.05, 3.63) is 24.3 Å². The third-order valence-electron chi connectivity index (χ3n) is 3.74. The second-order valence-electron chi connectivity index (χ2n) is 6.65. The molecule has 1 atom stereocenters. The lowest BCUT2D eigenvalue weighted by Crippen LogP contribution is -2.50. The van der Waals surface area contributed by atoms with Crippen LogP contribution in [-0.4, -0.2) is 47.9 Å². The molecule has 0 saturated carbocycles. The fraction of sp³-hybridized carbons (Fsp3) is 0.556. The fourth-order valence-electron chi connectivity index (χ4n) is 2.70. The van der Waals surface area contributed by atoms with Crippen molar-refractivity contribution in [2.24, 2.45) is 0 Å². The number of para-hydroxylation sites is 1. The number of amides is 1. The van der Waals surface area contributed by atoms with Crippen LogP contribution in [0.3, 0.4) is 0 Å². The second kappa shape index (κ2) is 8.52. The number of anilines is 1. The Morgan fingerprint density at radius 3 is 2.96 bits per heavy atom. The molecular formula is C18H25N3O2S. The first-order chi connectivity index (χ1) is 11.4. The zero-order valence-corrected chi connectivity index (χ0v) is 15.4. The maximum Gasteiger partial charge on any atom is 0.238 e. The number of carbonyl (C=O) groups is 1. The van der Waals surface area contributed by atoms with E-state index in [-0.39, 0.29) is 16.8 Å². The van der Waals surface area contributed by atoms with Crippen LogP contribution >= 0.6 is 11.8 Å². The van der Waals surface area contributed by atoms with Gasteiger partial charge < -0.3 is 10.1 Å². The molecule has 2 rings (SSSR count). The van der Waals surface area contributed by atoms with Gasteiger partial charge in [0.2, 0.25) is 5.91 Å². The van der Waals surface area contributed by atoms with Gasteiger partial charge in [-0.25, -0.2) is 0 Å². The number of nitrogens with zero attached hydrogens (tertiary/aromatic N) is 2. The average molecular weight is 347 g/mol. The van der Waals surface area contributed by atoms with E-state index in [1.807, 2.05) is 45.0 Å². The van der Waals surface area contributed by atoms with Crippen LogP contribution in [0.4, 0.5) is 5.69 Å². The predicted octanol–water partition coefficient (Wildman–Crippen LogP) is 3.13. The van der Waals surface area contributed by atoms with Crippen LogP contribution in [0.2, 0.25) is 0 Å². The van der Waals surface area contributed by atoms with Gasteiger partial charge in [-0.3, -0.25) is 9.69 Å². The van der Waals surface area contributed by atoms with Crippen LogP contribution < -0.4 is 5.32 Å². The largest absolute Gasteiger partial charge is 0.373 e. The summed E-state index contributed by atoms with van der Waals surface area (Å²) in [6.45, 7) is 8.63. The van der Waals surface area contributed by atoms with Crippen molar-refractivity contribution in [2.45, 2.75) is 42.9 Å². The minimum Gasteiger partial charge on any atom is -0.373 e. The van der Waals surface area contributed by atoms with Crippen LogP contribution in [0.15, 0.2) is 29.2 Å². The summed E-state index contributed by atoms with van der Waals surface area (Å²) in [6, 6.07) is 9.92. The third-order valence-corrected chi connectivity index (χ3v) is 4.92. The molecule has 1 aliphatic rings. The summed E-state index contributed by atoms with van der Waals surface area (Å²) in [5.74, 6) is -0.0197. The molecule has 1 aromatic carbocycles. The number of ether oxygens (including phenoxy) is 1. The first-order valence-electron chi connectivity index (χ1n) is 8.18. The number of hydrogen-bond donors (Lipinski definition) is 1. The quantitative estimate of drug-likeness (QED) is 0.801. The lowest BCUT2D eigenvalue weighted by molar-refractivity contribution is -0.122. The SMILES string of the molecule is C[C@H](CC#N)Sc1ccccc1NC(=O)CN1CCOC(C)(C)C1. The van der Waals surface area contributed by atoms with Gasteiger partial charge in [0.05, 0.1) is 30.5 Å². The normalized spacial score (nSPS) is 18.6. The van der Waals surface area contributed by atoms with E-state index in [2.05, 4.69) is 16.3 Å². The van der Waals surface area contributed by atoms with Gasteiger partial charge in [-0.1, -0.05) is 19.1 Å². The van der Waals surface area contributed by atoms with E-state index in [1.165, 1.54) is 0 Å². The van der Waals surface area contributed by atoms with E-state index < -0.39 is 0 Å². The van der Waals surface area contributed by atoms with Gasteiger partial charge >= 0.3 is 0 Å². The highest BCUT2D eigenvalue weighted by atomic mass is 32.2. The zero-order chi connectivity index (χ0) is 17.6. The highest BCUT2D eigenvalue weighted by Crippen LogP contribution is 2.31. The first kappa shape index (κ1) is 18.8. The Kier molecular flexibility index (Phi) is 6.67. The summed E-state index contributed by atoms with van der Waals surface area (Å²) in [7, 11) is 0. The molecule has 0 aromatic heterocycles. The molecule has 5 nitrogen and oxygen atoms in total. The first-order valence-corrected chi connectivity index (χ1v) is 9.06. The molecule has 0 spiro atoms. The van der Waals surface area contributed by atoms with E-state index >= 15 is 0 Å². The number of hydrogen-bond acceptors (Lipinski definition) is 5. The minimum absolute atomic E-state index is 0.0197. The molecule has 1 amide bonds. The van der Waals surface area contributed by atoms with Crippen molar-refractivity contribution in [1.82, 2.24) is 4.90 Å². The molecule has 0 radical (unpaired) electrons. The Bertz CT molecular complexity index is 613. The lowest BCUT2D eigenvalue weighted by Gasteiger charge is -2.37. The summed E-state index contributed by atoms with van der Waals surface area (Å²) in [5, 5.41) is 12.0. The van der Waals surface area contributed by atoms with Gasteiger partial charge in [-0.2, -0.15) is 5.26 Å². The van der Waals surface area contributed by atoms with Crippen molar-refractivity contribution >= 4 is 23.4 Å². The summed E-state index contributed by atoms with van der Waals surface area (Å²) in [4.78, 5) is 15.5. The van der Waals surface area contributed by atoms with Crippen LogP contribution in [-0.2, 0) is 9.53 Å². The van der Waals surface area contributed by atoms with Crippen LogP contribution in [0.5, 0.6) is 0 Å². The average Bonchev–Trinajstić information content (AvgIpc) is 2.48. The van der Waals surface area contributed by atoms with E-state index in [4.69, 9.17) is 10.00 Å². The Hall–Kier alpha value is -1.55. The molecule has 1 N–H and O–H groups in total. The smallest absolute Gasteiger partial charge is 0.238 e. The van der Waals surface area contributed by atoms with Gasteiger partial charge in [0, 0.05) is 29.7 Å². The predicted molar refractivity (Wildman–Crippen MR) is 97.1 cm³/mol. The molecule has 0 aliphatic carbocycles. The number of morpholine rings is 1. The van der Waals surface area contributed by atoms with Crippen LogP contribution in [0, 0.1) is 11.3 Å². The van der Waals surface area contributed by atoms with Crippen molar-refractivity contribution in [3.8, 4) is 6.07 Å². The molecule has 1 fully saturated rings. The lowest BCUT2D eigenvalue weighted by atomic mass is 10.1. The second-order valence-corrected chi connectivity index (χ2v) is 8.13. The third kappa shape index (κ3) is 5.82. The monoisotopic (exact) mass is 347 g/mol. The Morgan fingerprint density at radius 1 is 1.50 bits per heavy atom. The standard InChI is InChI=1S/C18H25N3O2S/c1-14(8-9-19)24-16-7-5-4-6-15(16)20-17(22)12-21-10-11-23-18(2,3)13-21/h4-7,14H,8,10-13H2,1-3H3,(H,20,22)/t14-/m1/s1. The van der Waals surface area contributed by atoms with Gasteiger partial charge in [-0.15, -0.1) is 11.8 Å². The molecule has 6 heteroatoms. The highest BCUT2D eigenvalue weighted by molar-refractivity contribution is 8.00. The molecule has 24 heavy (non-hydrogen) atoms. The van der Waals surface area contributed by atoms with E-state index in [0.29, 0.717) is 19.6 Å². The van der Waals surface area contributed by atoms with Gasteiger partial charge in [-0.05, 0) is 26.0 Å². The summed E-state index contributed by atoms with van der Waals surface area (Å²) in [5.41, 5.74) is 0.601. The van der Waals surface area contributed by atoms with Crippen molar-refractivity contribution in [3.63, 3.8) is 0 Å². The van der Waals surface area contributed by atoms with Gasteiger partial charge in [0.25, 0.3) is 0 Å². The van der Waals surface area contributed by atoms with Crippen molar-refractivity contribution < 1.29 is 9.53 Å². The Labute approximate surface area is 148 Å². The summed E-state index contributed by atoms with van der Waals surface area (Å²) in [6.07, 6.45) is 0.482. The molecular weight excluding hydrogens is 322 g/mol. The number of thioether (sulfide) groups is 1. The number of nitrogens with one attached hydrogen (secondary N) is 1. The molecule has 0 bridgehead atoms. The maximum atomic E-state index is 12.4. The van der Waals surface area contributed by atoms with Gasteiger partial charge in [0.1, 0.15) is 0 Å². The Balaban J connectivity index is 1.95. The topological polar surface area (TPSA) is 65.4 Å². The summed E-state index contributed by atoms with van der Waals surface area (Å²) >= 11 is 1.61. The number of rotatable bonds is 6. The molecule has 1 saturated heterocycles. The summed E-state index contributed by atoms with van der Waals surface area (Å²) < 4.78 is 5.68. The molecule has 0 unspecified atom stereocenters. The maximum absolute atomic E-state index is 12.4. The molecule has 1 heterocycles. The molecule has 1 aliphatic heterocycles. The van der Waals surface area contributed by atoms with Crippen molar-refractivity contribution in [1.29, 1.82) is 5.26 Å². The van der Waals surface area contributed by atoms with Crippen LogP contribution in [0.1, 0.15) is 27.2 Å². The minimum atomic E-state index is -0.209. The van der Waals surface area contributed by atoms with E-state index in [1.54, 1.807) is 11.8 Å². The molecule has 1 aromatic rings. The fourth-order valence-corrected chi connectivity index (χ4v) is 3.70. The Morgan fingerprint density at radius 2 is 2.25 bits per heavy atom.